The van der Waals surface area contributed by atoms with Gasteiger partial charge in [0.15, 0.2) is 11.5 Å². The number of aromatic nitrogens is 2. The molecule has 0 amide bonds. The van der Waals surface area contributed by atoms with Crippen LogP contribution >= 0.6 is 0 Å². The zero-order chi connectivity index (χ0) is 23.8. The van der Waals surface area contributed by atoms with E-state index in [1.54, 1.807) is 19.2 Å². The van der Waals surface area contributed by atoms with Gasteiger partial charge in [-0.2, -0.15) is 5.26 Å². The molecule has 3 aromatic rings. The Hall–Kier alpha value is -3.41. The van der Waals surface area contributed by atoms with Gasteiger partial charge in [0, 0.05) is 36.3 Å². The zero-order valence-electron chi connectivity index (χ0n) is 19.5. The maximum Gasteiger partial charge on any atom is 0.163 e. The molecule has 2 N–H and O–H groups in total. The maximum absolute atomic E-state index is 9.33. The molecule has 0 spiro atoms. The molecule has 1 unspecified atom stereocenters. The number of methoxy groups -OCH3 is 1. The van der Waals surface area contributed by atoms with Crippen molar-refractivity contribution in [2.24, 2.45) is 0 Å². The number of benzene rings is 2. The number of aliphatic hydroxyl groups excluding tert-OH is 1. The van der Waals surface area contributed by atoms with Gasteiger partial charge in [-0.25, -0.2) is 9.97 Å². The first-order valence-electron chi connectivity index (χ1n) is 11.8. The Morgan fingerprint density at radius 1 is 1.18 bits per heavy atom. The van der Waals surface area contributed by atoms with Crippen LogP contribution in [-0.4, -0.2) is 59.4 Å². The molecule has 1 atom stereocenters. The van der Waals surface area contributed by atoms with Crippen LogP contribution in [0.1, 0.15) is 37.7 Å². The fourth-order valence-corrected chi connectivity index (χ4v) is 4.48. The Kier molecular flexibility index (Phi) is 8.12. The summed E-state index contributed by atoms with van der Waals surface area (Å²) in [5, 5.41) is 22.4. The summed E-state index contributed by atoms with van der Waals surface area (Å²) in [6, 6.07) is 13.6. The van der Waals surface area contributed by atoms with E-state index in [1.807, 2.05) is 24.3 Å². The lowest BCUT2D eigenvalue weighted by molar-refractivity contribution is 0.112. The van der Waals surface area contributed by atoms with Gasteiger partial charge < -0.3 is 24.8 Å². The van der Waals surface area contributed by atoms with Crippen molar-refractivity contribution in [2.75, 3.05) is 38.7 Å². The van der Waals surface area contributed by atoms with E-state index in [-0.39, 0.29) is 6.61 Å². The number of nitrogens with zero attached hydrogens (tertiary/aromatic N) is 4. The van der Waals surface area contributed by atoms with Crippen LogP contribution in [0.25, 0.3) is 10.9 Å². The van der Waals surface area contributed by atoms with Gasteiger partial charge in [-0.15, -0.1) is 0 Å². The van der Waals surface area contributed by atoms with E-state index in [0.717, 1.165) is 42.5 Å². The number of aliphatic hydroxyl groups is 1. The Morgan fingerprint density at radius 3 is 2.79 bits per heavy atom. The molecule has 8 heteroatoms. The predicted molar refractivity (Wildman–Crippen MR) is 132 cm³/mol. The van der Waals surface area contributed by atoms with Crippen LogP contribution in [0.2, 0.25) is 0 Å². The largest absolute Gasteiger partial charge is 0.493 e. The van der Waals surface area contributed by atoms with Gasteiger partial charge in [-0.1, -0.05) is 6.42 Å². The van der Waals surface area contributed by atoms with E-state index in [1.165, 1.54) is 25.6 Å². The van der Waals surface area contributed by atoms with Crippen molar-refractivity contribution in [1.82, 2.24) is 14.9 Å². The molecular formula is C26H31N5O3. The van der Waals surface area contributed by atoms with Gasteiger partial charge in [0.1, 0.15) is 12.1 Å². The summed E-state index contributed by atoms with van der Waals surface area (Å²) in [5.41, 5.74) is 2.18. The quantitative estimate of drug-likeness (QED) is 0.432. The zero-order valence-corrected chi connectivity index (χ0v) is 19.5. The molecule has 1 aromatic heterocycles. The lowest BCUT2D eigenvalue weighted by Crippen LogP contribution is -2.40. The first kappa shape index (κ1) is 23.7. The first-order valence-corrected chi connectivity index (χ1v) is 11.8. The number of anilines is 2. The number of fused-ring (bicyclic) bond motifs is 1. The summed E-state index contributed by atoms with van der Waals surface area (Å²) in [6.45, 7) is 2.87. The SMILES string of the molecule is COc1cc2c(Nc3ccc(C#N)cc3)ncnc2cc1OCCCN1CCCCC1CCO. The second kappa shape index (κ2) is 11.6. The minimum absolute atomic E-state index is 0.246. The number of ether oxygens (including phenoxy) is 2. The van der Waals surface area contributed by atoms with Gasteiger partial charge >= 0.3 is 0 Å². The van der Waals surface area contributed by atoms with Gasteiger partial charge in [-0.3, -0.25) is 0 Å². The molecule has 4 rings (SSSR count). The van der Waals surface area contributed by atoms with Crippen LogP contribution in [0.4, 0.5) is 11.5 Å². The number of nitriles is 1. The van der Waals surface area contributed by atoms with E-state index < -0.39 is 0 Å². The smallest absolute Gasteiger partial charge is 0.163 e. The predicted octanol–water partition coefficient (Wildman–Crippen LogP) is 4.26. The van der Waals surface area contributed by atoms with Crippen LogP contribution in [0.15, 0.2) is 42.7 Å². The molecule has 2 aromatic carbocycles. The highest BCUT2D eigenvalue weighted by atomic mass is 16.5. The Labute approximate surface area is 200 Å². The summed E-state index contributed by atoms with van der Waals surface area (Å²) in [4.78, 5) is 11.3. The van der Waals surface area contributed by atoms with Crippen LogP contribution in [-0.2, 0) is 0 Å². The Bertz CT molecular complexity index is 1130. The highest BCUT2D eigenvalue weighted by Gasteiger charge is 2.21. The highest BCUT2D eigenvalue weighted by Crippen LogP contribution is 2.35. The molecule has 0 bridgehead atoms. The van der Waals surface area contributed by atoms with Crippen LogP contribution in [0.5, 0.6) is 11.5 Å². The molecule has 2 heterocycles. The summed E-state index contributed by atoms with van der Waals surface area (Å²) in [7, 11) is 1.62. The number of likely N-dealkylation sites (tertiary alicyclic amines) is 1. The molecule has 0 radical (unpaired) electrons. The summed E-state index contributed by atoms with van der Waals surface area (Å²) in [6.07, 6.45) is 6.90. The molecule has 8 nitrogen and oxygen atoms in total. The van der Waals surface area contributed by atoms with Crippen molar-refractivity contribution in [1.29, 1.82) is 5.26 Å². The third-order valence-electron chi connectivity index (χ3n) is 6.26. The highest BCUT2D eigenvalue weighted by molar-refractivity contribution is 5.93. The van der Waals surface area contributed by atoms with E-state index in [4.69, 9.17) is 14.7 Å². The van der Waals surface area contributed by atoms with E-state index in [0.29, 0.717) is 35.5 Å². The monoisotopic (exact) mass is 461 g/mol. The number of piperidine rings is 1. The van der Waals surface area contributed by atoms with Crippen molar-refractivity contribution in [3.05, 3.63) is 48.3 Å². The molecule has 1 fully saturated rings. The lowest BCUT2D eigenvalue weighted by atomic mass is 9.99. The van der Waals surface area contributed by atoms with Gasteiger partial charge in [0.05, 0.1) is 30.9 Å². The molecule has 0 saturated carbocycles. The average Bonchev–Trinajstić information content (AvgIpc) is 2.88. The van der Waals surface area contributed by atoms with E-state index in [9.17, 15) is 5.11 Å². The molecule has 178 valence electrons. The third kappa shape index (κ3) is 5.74. The summed E-state index contributed by atoms with van der Waals surface area (Å²) in [5.74, 6) is 1.93. The van der Waals surface area contributed by atoms with E-state index in [2.05, 4.69) is 26.3 Å². The number of nitrogens with one attached hydrogen (secondary N) is 1. The van der Waals surface area contributed by atoms with Gasteiger partial charge in [0.25, 0.3) is 0 Å². The number of hydrogen-bond donors (Lipinski definition) is 2. The second-order valence-electron chi connectivity index (χ2n) is 8.46. The average molecular weight is 462 g/mol. The molecule has 1 aliphatic rings. The Balaban J connectivity index is 1.43. The van der Waals surface area contributed by atoms with Crippen LogP contribution in [0, 0.1) is 11.3 Å². The van der Waals surface area contributed by atoms with Crippen molar-refractivity contribution in [3.63, 3.8) is 0 Å². The normalized spacial score (nSPS) is 16.2. The minimum Gasteiger partial charge on any atom is -0.493 e. The first-order chi connectivity index (χ1) is 16.7. The molecular weight excluding hydrogens is 430 g/mol. The molecule has 1 saturated heterocycles. The number of rotatable bonds is 10. The van der Waals surface area contributed by atoms with E-state index >= 15 is 0 Å². The fraction of sp³-hybridized carbons (Fsp3) is 0.423. The van der Waals surface area contributed by atoms with Gasteiger partial charge in [-0.05, 0) is 62.6 Å². The van der Waals surface area contributed by atoms with Crippen molar-refractivity contribution < 1.29 is 14.6 Å². The van der Waals surface area contributed by atoms with Crippen molar-refractivity contribution in [3.8, 4) is 17.6 Å². The summed E-state index contributed by atoms with van der Waals surface area (Å²) >= 11 is 0. The molecule has 0 aliphatic carbocycles. The number of hydrogen-bond acceptors (Lipinski definition) is 8. The van der Waals surface area contributed by atoms with Crippen LogP contribution in [0.3, 0.4) is 0 Å². The third-order valence-corrected chi connectivity index (χ3v) is 6.26. The van der Waals surface area contributed by atoms with Crippen molar-refractivity contribution >= 4 is 22.4 Å². The standard InChI is InChI=1S/C26H31N5O3/c1-33-24-15-22-23(28-18-29-26(22)30-20-8-6-19(17-27)7-9-20)16-25(24)34-14-4-12-31-11-3-2-5-21(31)10-13-32/h6-9,15-16,18,21,32H,2-5,10-14H2,1H3,(H,28,29,30). The maximum atomic E-state index is 9.33. The minimum atomic E-state index is 0.246. The fourth-order valence-electron chi connectivity index (χ4n) is 4.48. The molecule has 34 heavy (non-hydrogen) atoms. The topological polar surface area (TPSA) is 104 Å². The Morgan fingerprint density at radius 2 is 2.03 bits per heavy atom. The lowest BCUT2D eigenvalue weighted by Gasteiger charge is -2.35. The molecule has 1 aliphatic heterocycles. The van der Waals surface area contributed by atoms with Gasteiger partial charge in [0.2, 0.25) is 0 Å². The summed E-state index contributed by atoms with van der Waals surface area (Å²) < 4.78 is 11.7. The van der Waals surface area contributed by atoms with Crippen LogP contribution < -0.4 is 14.8 Å². The second-order valence-corrected chi connectivity index (χ2v) is 8.46. The van der Waals surface area contributed by atoms with Crippen molar-refractivity contribution in [2.45, 2.75) is 38.1 Å².